The Bertz CT molecular complexity index is 566. The van der Waals surface area contributed by atoms with Gasteiger partial charge in [0.1, 0.15) is 5.69 Å². The Morgan fingerprint density at radius 1 is 1.22 bits per heavy atom. The molecular weight excluding hydrogens is 275 g/mol. The number of amides is 1. The lowest BCUT2D eigenvalue weighted by atomic mass is 10.2. The number of carbonyl (C=O) groups is 1. The maximum atomic E-state index is 11.8. The molecule has 1 amide bonds. The van der Waals surface area contributed by atoms with Crippen molar-refractivity contribution >= 4 is 40.5 Å². The number of aromatic nitrogens is 2. The van der Waals surface area contributed by atoms with Crippen molar-refractivity contribution in [3.63, 3.8) is 0 Å². The number of hydrogen-bond acceptors (Lipinski definition) is 4. The van der Waals surface area contributed by atoms with Gasteiger partial charge in [-0.15, -0.1) is 0 Å². The first-order valence-electron chi connectivity index (χ1n) is 4.90. The van der Waals surface area contributed by atoms with Crippen molar-refractivity contribution in [3.05, 3.63) is 46.5 Å². The number of nitrogens with two attached hydrogens (primary N) is 1. The molecule has 0 bridgehead atoms. The van der Waals surface area contributed by atoms with E-state index in [9.17, 15) is 4.79 Å². The highest BCUT2D eigenvalue weighted by atomic mass is 35.5. The normalized spacial score (nSPS) is 10.1. The van der Waals surface area contributed by atoms with Crippen LogP contribution in [0.1, 0.15) is 10.5 Å². The molecule has 7 heteroatoms. The standard InChI is InChI=1S/C11H8Cl2N4O/c12-7-3-6(4-8(13)10(7)14)17-11(18)9-5-15-1-2-16-9/h1-5H,14H2,(H,17,18). The molecule has 0 aliphatic carbocycles. The van der Waals surface area contributed by atoms with Crippen molar-refractivity contribution in [2.24, 2.45) is 0 Å². The van der Waals surface area contributed by atoms with Gasteiger partial charge in [-0.3, -0.25) is 9.78 Å². The number of halogens is 2. The van der Waals surface area contributed by atoms with Gasteiger partial charge >= 0.3 is 0 Å². The van der Waals surface area contributed by atoms with E-state index in [0.29, 0.717) is 5.69 Å². The van der Waals surface area contributed by atoms with E-state index in [2.05, 4.69) is 15.3 Å². The Kier molecular flexibility index (Phi) is 3.64. The number of benzene rings is 1. The molecule has 0 radical (unpaired) electrons. The summed E-state index contributed by atoms with van der Waals surface area (Å²) in [4.78, 5) is 19.5. The van der Waals surface area contributed by atoms with Gasteiger partial charge in [-0.1, -0.05) is 23.2 Å². The van der Waals surface area contributed by atoms with E-state index in [-0.39, 0.29) is 21.4 Å². The van der Waals surface area contributed by atoms with E-state index in [1.165, 1.54) is 30.7 Å². The van der Waals surface area contributed by atoms with Crippen molar-refractivity contribution in [2.75, 3.05) is 11.1 Å². The topological polar surface area (TPSA) is 80.9 Å². The summed E-state index contributed by atoms with van der Waals surface area (Å²) in [5.41, 5.74) is 6.50. The first-order chi connectivity index (χ1) is 8.58. The fourth-order valence-electron chi connectivity index (χ4n) is 1.27. The Hall–Kier alpha value is -1.85. The van der Waals surface area contributed by atoms with Gasteiger partial charge in [0.05, 0.1) is 21.9 Å². The summed E-state index contributed by atoms with van der Waals surface area (Å²) in [6.45, 7) is 0. The zero-order valence-electron chi connectivity index (χ0n) is 9.02. The molecule has 1 aromatic carbocycles. The summed E-state index contributed by atoms with van der Waals surface area (Å²) in [5.74, 6) is -0.403. The molecule has 0 spiro atoms. The molecule has 0 atom stereocenters. The van der Waals surface area contributed by atoms with Crippen LogP contribution in [0.4, 0.5) is 11.4 Å². The van der Waals surface area contributed by atoms with Crippen molar-refractivity contribution < 1.29 is 4.79 Å². The van der Waals surface area contributed by atoms with Crippen LogP contribution in [-0.4, -0.2) is 15.9 Å². The van der Waals surface area contributed by atoms with Gasteiger partial charge in [-0.2, -0.15) is 0 Å². The van der Waals surface area contributed by atoms with Crippen LogP contribution < -0.4 is 11.1 Å². The monoisotopic (exact) mass is 282 g/mol. The first-order valence-corrected chi connectivity index (χ1v) is 5.65. The van der Waals surface area contributed by atoms with E-state index < -0.39 is 5.91 Å². The van der Waals surface area contributed by atoms with Gasteiger partial charge < -0.3 is 11.1 Å². The first kappa shape index (κ1) is 12.6. The Morgan fingerprint density at radius 2 is 1.89 bits per heavy atom. The average molecular weight is 283 g/mol. The van der Waals surface area contributed by atoms with Crippen LogP contribution in [0.5, 0.6) is 0 Å². The molecule has 5 nitrogen and oxygen atoms in total. The minimum absolute atomic E-state index is 0.196. The molecule has 0 saturated carbocycles. The molecule has 2 aromatic rings. The Morgan fingerprint density at radius 3 is 2.44 bits per heavy atom. The highest BCUT2D eigenvalue weighted by Crippen LogP contribution is 2.31. The second-order valence-corrected chi connectivity index (χ2v) is 4.21. The van der Waals surface area contributed by atoms with Crippen LogP contribution in [0.3, 0.4) is 0 Å². The Balaban J connectivity index is 2.23. The molecule has 0 fully saturated rings. The zero-order chi connectivity index (χ0) is 13.1. The van der Waals surface area contributed by atoms with Crippen molar-refractivity contribution in [1.29, 1.82) is 0 Å². The SMILES string of the molecule is Nc1c(Cl)cc(NC(=O)c2cnccn2)cc1Cl. The third kappa shape index (κ3) is 2.69. The van der Waals surface area contributed by atoms with Crippen LogP contribution in [-0.2, 0) is 0 Å². The van der Waals surface area contributed by atoms with Crippen LogP contribution >= 0.6 is 23.2 Å². The van der Waals surface area contributed by atoms with Gasteiger partial charge in [0, 0.05) is 18.1 Å². The van der Waals surface area contributed by atoms with Crippen LogP contribution in [0.2, 0.25) is 10.0 Å². The molecule has 92 valence electrons. The molecule has 3 N–H and O–H groups in total. The van der Waals surface area contributed by atoms with E-state index in [1.54, 1.807) is 0 Å². The van der Waals surface area contributed by atoms with Gasteiger partial charge in [0.2, 0.25) is 0 Å². The predicted molar refractivity (Wildman–Crippen MR) is 70.9 cm³/mol. The lowest BCUT2D eigenvalue weighted by molar-refractivity contribution is 0.102. The zero-order valence-corrected chi connectivity index (χ0v) is 10.5. The number of nitrogens with one attached hydrogen (secondary N) is 1. The Labute approximate surface area is 113 Å². The minimum Gasteiger partial charge on any atom is -0.396 e. The lowest BCUT2D eigenvalue weighted by Crippen LogP contribution is -2.13. The molecule has 0 unspecified atom stereocenters. The van der Waals surface area contributed by atoms with Crippen molar-refractivity contribution in [3.8, 4) is 0 Å². The third-order valence-corrected chi connectivity index (χ3v) is 2.76. The third-order valence-electron chi connectivity index (χ3n) is 2.13. The number of carbonyl (C=O) groups excluding carboxylic acids is 1. The summed E-state index contributed by atoms with van der Waals surface area (Å²) in [7, 11) is 0. The summed E-state index contributed by atoms with van der Waals surface area (Å²) in [5, 5.41) is 3.15. The summed E-state index contributed by atoms with van der Waals surface area (Å²) in [6.07, 6.45) is 4.27. The fraction of sp³-hybridized carbons (Fsp3) is 0. The van der Waals surface area contributed by atoms with Gasteiger partial charge in [-0.25, -0.2) is 4.98 Å². The molecule has 1 aromatic heterocycles. The number of rotatable bonds is 2. The van der Waals surface area contributed by atoms with E-state index in [4.69, 9.17) is 28.9 Å². The molecule has 1 heterocycles. The smallest absolute Gasteiger partial charge is 0.275 e. The molecule has 2 rings (SSSR count). The maximum absolute atomic E-state index is 11.8. The second kappa shape index (κ2) is 5.20. The summed E-state index contributed by atoms with van der Waals surface area (Å²) in [6, 6.07) is 3.02. The molecular formula is C11H8Cl2N4O. The van der Waals surface area contributed by atoms with Crippen LogP contribution in [0.15, 0.2) is 30.7 Å². The number of nitrogen functional groups attached to an aromatic ring is 1. The quantitative estimate of drug-likeness (QED) is 0.830. The largest absolute Gasteiger partial charge is 0.396 e. The molecule has 18 heavy (non-hydrogen) atoms. The maximum Gasteiger partial charge on any atom is 0.275 e. The fourth-order valence-corrected chi connectivity index (χ4v) is 1.76. The molecule has 0 aliphatic rings. The van der Waals surface area contributed by atoms with E-state index in [0.717, 1.165) is 0 Å². The van der Waals surface area contributed by atoms with Gasteiger partial charge in [0.15, 0.2) is 0 Å². The van der Waals surface area contributed by atoms with E-state index in [1.807, 2.05) is 0 Å². The van der Waals surface area contributed by atoms with Crippen molar-refractivity contribution in [1.82, 2.24) is 9.97 Å². The highest BCUT2D eigenvalue weighted by Gasteiger charge is 2.10. The molecule has 0 saturated heterocycles. The molecule has 0 aliphatic heterocycles. The van der Waals surface area contributed by atoms with E-state index >= 15 is 0 Å². The average Bonchev–Trinajstić information content (AvgIpc) is 2.37. The highest BCUT2D eigenvalue weighted by molar-refractivity contribution is 6.39. The van der Waals surface area contributed by atoms with Crippen molar-refractivity contribution in [2.45, 2.75) is 0 Å². The summed E-state index contributed by atoms with van der Waals surface area (Å²) < 4.78 is 0. The minimum atomic E-state index is -0.403. The van der Waals surface area contributed by atoms with Crippen LogP contribution in [0.25, 0.3) is 0 Å². The summed E-state index contributed by atoms with van der Waals surface area (Å²) >= 11 is 11.7. The van der Waals surface area contributed by atoms with Crippen LogP contribution in [0, 0.1) is 0 Å². The number of nitrogens with zero attached hydrogens (tertiary/aromatic N) is 2. The lowest BCUT2D eigenvalue weighted by Gasteiger charge is -2.07. The van der Waals surface area contributed by atoms with Gasteiger partial charge in [-0.05, 0) is 12.1 Å². The second-order valence-electron chi connectivity index (χ2n) is 3.40. The number of hydrogen-bond donors (Lipinski definition) is 2. The predicted octanol–water partition coefficient (Wildman–Crippen LogP) is 2.62. The number of anilines is 2. The van der Waals surface area contributed by atoms with Gasteiger partial charge in [0.25, 0.3) is 5.91 Å².